The number of hydrogen-bond acceptors (Lipinski definition) is 8. The first kappa shape index (κ1) is 23.3. The zero-order chi connectivity index (χ0) is 19.4. The van der Waals surface area contributed by atoms with Gasteiger partial charge in [0.05, 0.1) is 24.1 Å². The lowest BCUT2D eigenvalue weighted by molar-refractivity contribution is 0.00302. The van der Waals surface area contributed by atoms with E-state index in [1.165, 1.54) is 31.0 Å². The summed E-state index contributed by atoms with van der Waals surface area (Å²) in [5, 5.41) is 3.79. The molecule has 1 aromatic heterocycles. The summed E-state index contributed by atoms with van der Waals surface area (Å²) < 4.78 is 41.7. The molecule has 1 aliphatic rings. The predicted octanol–water partition coefficient (Wildman–Crippen LogP) is 2.84. The number of fused-ring (bicyclic) bond motifs is 1. The molecule has 0 fully saturated rings. The Balaban J connectivity index is 0.000000412. The van der Waals surface area contributed by atoms with Crippen molar-refractivity contribution in [3.8, 4) is 11.5 Å². The Morgan fingerprint density at radius 1 is 1.31 bits per heavy atom. The molecule has 0 saturated carbocycles. The maximum absolute atomic E-state index is 10.3. The van der Waals surface area contributed by atoms with Crippen molar-refractivity contribution in [2.45, 2.75) is 46.3 Å². The molecular weight excluding hydrogens is 378 g/mol. The Labute approximate surface area is 163 Å². The highest BCUT2D eigenvalue weighted by Gasteiger charge is 2.21. The van der Waals surface area contributed by atoms with Crippen molar-refractivity contribution in [1.82, 2.24) is 4.90 Å². The molecule has 0 saturated heterocycles. The van der Waals surface area contributed by atoms with Crippen LogP contribution >= 0.6 is 11.3 Å². The number of hydrogen-bond donors (Lipinski definition) is 0. The smallest absolute Gasteiger partial charge is 0.172 e. The van der Waals surface area contributed by atoms with Crippen LogP contribution in [0.1, 0.15) is 34.1 Å². The lowest BCUT2D eigenvalue weighted by Crippen LogP contribution is -2.33. The second-order valence-corrected chi connectivity index (χ2v) is 7.09. The minimum absolute atomic E-state index is 0.132. The van der Waals surface area contributed by atoms with E-state index in [0.29, 0.717) is 26.2 Å². The molecule has 0 N–H and O–H groups in total. The molecular formula is C17H30NO6S2-. The summed E-state index contributed by atoms with van der Waals surface area (Å²) in [4.78, 5) is 2.38. The van der Waals surface area contributed by atoms with Crippen LogP contribution in [0.2, 0.25) is 0 Å². The van der Waals surface area contributed by atoms with Crippen LogP contribution in [0.25, 0.3) is 0 Å². The molecule has 9 heteroatoms. The fraction of sp³-hybridized carbons (Fsp3) is 0.765. The zero-order valence-corrected chi connectivity index (χ0v) is 17.6. The Bertz CT molecular complexity index is 504. The molecule has 1 aromatic rings. The molecule has 152 valence electrons. The van der Waals surface area contributed by atoms with Crippen molar-refractivity contribution in [3.05, 3.63) is 10.8 Å². The summed E-state index contributed by atoms with van der Waals surface area (Å²) in [5.41, 5.74) is 0. The normalized spacial score (nSPS) is 18.2. The number of thiophene rings is 1. The molecule has 7 nitrogen and oxygen atoms in total. The number of rotatable bonds is 10. The third-order valence-corrected chi connectivity index (χ3v) is 5.05. The minimum atomic E-state index is -2.47. The molecule has 0 aromatic carbocycles. The fourth-order valence-electron chi connectivity index (χ4n) is 2.26. The van der Waals surface area contributed by atoms with Crippen molar-refractivity contribution < 1.29 is 27.2 Å². The molecule has 0 spiro atoms. The van der Waals surface area contributed by atoms with Gasteiger partial charge >= 0.3 is 0 Å². The van der Waals surface area contributed by atoms with E-state index in [0.717, 1.165) is 11.5 Å². The van der Waals surface area contributed by atoms with Crippen molar-refractivity contribution in [2.24, 2.45) is 0 Å². The van der Waals surface area contributed by atoms with Crippen molar-refractivity contribution in [1.29, 1.82) is 0 Å². The average Bonchev–Trinajstić information content (AvgIpc) is 3.08. The zero-order valence-electron chi connectivity index (χ0n) is 16.0. The molecule has 1 aliphatic heterocycles. The molecule has 0 aliphatic carbocycles. The van der Waals surface area contributed by atoms with Crippen LogP contribution in [-0.2, 0) is 20.3 Å². The SMILES string of the molecule is CC(CCOCC1COc2cscc2O1)OS(=O)[O-].CCN(CC)CC. The van der Waals surface area contributed by atoms with Gasteiger partial charge in [-0.3, -0.25) is 4.18 Å². The molecule has 3 atom stereocenters. The van der Waals surface area contributed by atoms with Gasteiger partial charge in [0.15, 0.2) is 17.6 Å². The van der Waals surface area contributed by atoms with Crippen LogP contribution in [0, 0.1) is 0 Å². The first-order chi connectivity index (χ1) is 12.5. The highest BCUT2D eigenvalue weighted by molar-refractivity contribution is 7.74. The van der Waals surface area contributed by atoms with Gasteiger partial charge in [0.2, 0.25) is 0 Å². The average molecular weight is 409 g/mol. The van der Waals surface area contributed by atoms with Gasteiger partial charge in [-0.25, -0.2) is 4.21 Å². The number of nitrogens with zero attached hydrogens (tertiary/aromatic N) is 1. The molecule has 3 unspecified atom stereocenters. The van der Waals surface area contributed by atoms with Crippen LogP contribution in [0.3, 0.4) is 0 Å². The lowest BCUT2D eigenvalue weighted by Gasteiger charge is -2.24. The van der Waals surface area contributed by atoms with Crippen LogP contribution in [0.15, 0.2) is 10.8 Å². The van der Waals surface area contributed by atoms with Crippen LogP contribution in [0.4, 0.5) is 0 Å². The van der Waals surface area contributed by atoms with E-state index < -0.39 is 11.4 Å². The summed E-state index contributed by atoms with van der Waals surface area (Å²) in [6, 6.07) is 0. The molecule has 0 bridgehead atoms. The van der Waals surface area contributed by atoms with Gasteiger partial charge in [-0.15, -0.1) is 11.3 Å². The van der Waals surface area contributed by atoms with E-state index in [2.05, 4.69) is 29.9 Å². The Hall–Kier alpha value is -0.710. The molecule has 26 heavy (non-hydrogen) atoms. The van der Waals surface area contributed by atoms with Crippen molar-refractivity contribution in [3.63, 3.8) is 0 Å². The van der Waals surface area contributed by atoms with Gasteiger partial charge in [-0.2, -0.15) is 0 Å². The summed E-state index contributed by atoms with van der Waals surface area (Å²) >= 11 is -0.945. The Morgan fingerprint density at radius 2 is 1.96 bits per heavy atom. The Kier molecular flexibility index (Phi) is 12.1. The van der Waals surface area contributed by atoms with Crippen LogP contribution in [-0.4, -0.2) is 65.3 Å². The van der Waals surface area contributed by atoms with Crippen LogP contribution in [0.5, 0.6) is 11.5 Å². The molecule has 2 rings (SSSR count). The van der Waals surface area contributed by atoms with E-state index in [9.17, 15) is 8.76 Å². The molecule has 2 heterocycles. The largest absolute Gasteiger partial charge is 0.750 e. The van der Waals surface area contributed by atoms with E-state index in [1.807, 2.05) is 10.8 Å². The summed E-state index contributed by atoms with van der Waals surface area (Å²) in [5.74, 6) is 1.53. The van der Waals surface area contributed by atoms with E-state index in [1.54, 1.807) is 6.92 Å². The lowest BCUT2D eigenvalue weighted by atomic mass is 10.3. The summed E-state index contributed by atoms with van der Waals surface area (Å²) in [7, 11) is 0. The third-order valence-electron chi connectivity index (χ3n) is 3.87. The minimum Gasteiger partial charge on any atom is -0.750 e. The topological polar surface area (TPSA) is 80.3 Å². The van der Waals surface area contributed by atoms with Gasteiger partial charge in [0, 0.05) is 17.4 Å². The van der Waals surface area contributed by atoms with E-state index in [4.69, 9.17) is 14.2 Å². The predicted molar refractivity (Wildman–Crippen MR) is 103 cm³/mol. The van der Waals surface area contributed by atoms with E-state index >= 15 is 0 Å². The summed E-state index contributed by atoms with van der Waals surface area (Å²) in [6.45, 7) is 13.1. The first-order valence-corrected chi connectivity index (χ1v) is 10.9. The quantitative estimate of drug-likeness (QED) is 0.435. The van der Waals surface area contributed by atoms with Gasteiger partial charge in [-0.1, -0.05) is 20.8 Å². The van der Waals surface area contributed by atoms with Crippen molar-refractivity contribution in [2.75, 3.05) is 39.5 Å². The van der Waals surface area contributed by atoms with Gasteiger partial charge in [0.25, 0.3) is 0 Å². The maximum Gasteiger partial charge on any atom is 0.172 e. The maximum atomic E-state index is 10.3. The van der Waals surface area contributed by atoms with Gasteiger partial charge in [0.1, 0.15) is 6.61 Å². The van der Waals surface area contributed by atoms with Crippen molar-refractivity contribution >= 4 is 22.7 Å². The second-order valence-electron chi connectivity index (χ2n) is 5.75. The summed E-state index contributed by atoms with van der Waals surface area (Å²) in [6.07, 6.45) is -0.0112. The first-order valence-electron chi connectivity index (χ1n) is 8.92. The highest BCUT2D eigenvalue weighted by Crippen LogP contribution is 2.35. The molecule has 0 radical (unpaired) electrons. The second kappa shape index (κ2) is 13.5. The number of ether oxygens (including phenoxy) is 3. The van der Waals surface area contributed by atoms with Crippen LogP contribution < -0.4 is 9.47 Å². The van der Waals surface area contributed by atoms with Gasteiger partial charge < -0.3 is 23.7 Å². The highest BCUT2D eigenvalue weighted by atomic mass is 32.2. The van der Waals surface area contributed by atoms with E-state index in [-0.39, 0.29) is 12.2 Å². The fourth-order valence-corrected chi connectivity index (χ4v) is 3.30. The standard InChI is InChI=1S/C11H16O6S2.C6H15N/c1-8(17-19(12)13)2-3-14-4-9-5-15-10-6-18-7-11(10)16-9;1-4-7(5-2)6-3/h6-9H,2-5H2,1H3,(H,12,13);4-6H2,1-3H3/p-1. The van der Waals surface area contributed by atoms with Gasteiger partial charge in [-0.05, 0) is 33.0 Å². The monoisotopic (exact) mass is 408 g/mol. The Morgan fingerprint density at radius 3 is 2.54 bits per heavy atom. The molecule has 0 amide bonds. The third kappa shape index (κ3) is 9.29.